The Bertz CT molecular complexity index is 1320. The summed E-state index contributed by atoms with van der Waals surface area (Å²) in [6.45, 7) is 8.38. The van der Waals surface area contributed by atoms with Crippen molar-refractivity contribution < 1.29 is 23.8 Å². The average molecular weight is 489 g/mol. The van der Waals surface area contributed by atoms with Crippen LogP contribution in [0.3, 0.4) is 0 Å². The third kappa shape index (κ3) is 4.73. The van der Waals surface area contributed by atoms with Gasteiger partial charge in [0.1, 0.15) is 29.1 Å². The Morgan fingerprint density at radius 3 is 2.31 bits per heavy atom. The molecule has 0 bridgehead atoms. The minimum absolute atomic E-state index is 0.0127. The highest BCUT2D eigenvalue weighted by molar-refractivity contribution is 6.51. The Balaban J connectivity index is 1.81. The first-order valence-electron chi connectivity index (χ1n) is 12.0. The van der Waals surface area contributed by atoms with Crippen molar-refractivity contribution in [3.8, 4) is 5.75 Å². The molecule has 188 valence electrons. The molecule has 1 saturated heterocycles. The second kappa shape index (κ2) is 9.93. The maximum atomic E-state index is 13.3. The van der Waals surface area contributed by atoms with Crippen molar-refractivity contribution in [2.24, 2.45) is 5.92 Å². The van der Waals surface area contributed by atoms with Gasteiger partial charge in [-0.15, -0.1) is 0 Å². The minimum atomic E-state index is -0.902. The van der Waals surface area contributed by atoms with E-state index in [1.807, 2.05) is 38.1 Å². The third-order valence-electron chi connectivity index (χ3n) is 6.14. The molecule has 0 spiro atoms. The first kappa shape index (κ1) is 25.1. The lowest BCUT2D eigenvalue weighted by Gasteiger charge is -2.24. The molecule has 2 heterocycles. The van der Waals surface area contributed by atoms with Gasteiger partial charge in [-0.2, -0.15) is 0 Å². The van der Waals surface area contributed by atoms with E-state index in [1.165, 1.54) is 4.90 Å². The van der Waals surface area contributed by atoms with Crippen LogP contribution in [-0.4, -0.2) is 37.5 Å². The highest BCUT2D eigenvalue weighted by Gasteiger charge is 2.48. The number of carbonyl (C=O) groups excluding carboxylic acids is 2. The lowest BCUT2D eigenvalue weighted by molar-refractivity contribution is -0.132. The van der Waals surface area contributed by atoms with Crippen LogP contribution in [0.25, 0.3) is 5.76 Å². The van der Waals surface area contributed by atoms with Crippen molar-refractivity contribution >= 4 is 28.8 Å². The number of amides is 1. The fourth-order valence-electron chi connectivity index (χ4n) is 4.25. The van der Waals surface area contributed by atoms with Crippen molar-refractivity contribution in [3.05, 3.63) is 82.8 Å². The predicted molar refractivity (Wildman–Crippen MR) is 141 cm³/mol. The molecule has 4 rings (SSSR count). The average Bonchev–Trinajstić information content (AvgIpc) is 3.38. The number of benzene rings is 2. The first-order chi connectivity index (χ1) is 17.1. The molecule has 1 amide bonds. The lowest BCUT2D eigenvalue weighted by Crippen LogP contribution is -2.29. The molecule has 0 aliphatic carbocycles. The van der Waals surface area contributed by atoms with E-state index in [-0.39, 0.29) is 11.3 Å². The van der Waals surface area contributed by atoms with E-state index in [0.717, 1.165) is 11.3 Å². The van der Waals surface area contributed by atoms with E-state index in [2.05, 4.69) is 13.8 Å². The highest BCUT2D eigenvalue weighted by Crippen LogP contribution is 2.43. The molecule has 1 unspecified atom stereocenters. The number of aliphatic hydroxyl groups excluding tert-OH is 1. The quantitative estimate of drug-likeness (QED) is 0.264. The molecule has 2 aromatic carbocycles. The van der Waals surface area contributed by atoms with E-state index in [1.54, 1.807) is 49.4 Å². The van der Waals surface area contributed by atoms with Crippen LogP contribution in [0.1, 0.15) is 42.5 Å². The number of anilines is 2. The van der Waals surface area contributed by atoms with Crippen LogP contribution in [0.2, 0.25) is 0 Å². The van der Waals surface area contributed by atoms with E-state index in [4.69, 9.17) is 9.15 Å². The Labute approximate surface area is 211 Å². The molecule has 0 radical (unpaired) electrons. The van der Waals surface area contributed by atoms with Gasteiger partial charge in [-0.1, -0.05) is 13.8 Å². The zero-order valence-electron chi connectivity index (χ0n) is 21.5. The number of furan rings is 1. The number of Topliss-reactive ketones (excluding diaryl/α,β-unsaturated/α-hetero) is 1. The number of hydrogen-bond donors (Lipinski definition) is 1. The fraction of sp³-hybridized carbons (Fsp3) is 0.310. The number of hydrogen-bond acceptors (Lipinski definition) is 6. The summed E-state index contributed by atoms with van der Waals surface area (Å²) in [5.74, 6) is 0.387. The van der Waals surface area contributed by atoms with Crippen LogP contribution in [0.15, 0.2) is 64.6 Å². The van der Waals surface area contributed by atoms with Crippen molar-refractivity contribution in [2.75, 3.05) is 30.5 Å². The first-order valence-corrected chi connectivity index (χ1v) is 12.0. The molecule has 0 saturated carbocycles. The molecule has 7 heteroatoms. The number of nitrogens with zero attached hydrogens (tertiary/aromatic N) is 2. The number of carbonyl (C=O) groups is 2. The smallest absolute Gasteiger partial charge is 0.300 e. The number of ketones is 1. The van der Waals surface area contributed by atoms with Crippen molar-refractivity contribution in [2.45, 2.75) is 33.7 Å². The normalized spacial score (nSPS) is 17.2. The van der Waals surface area contributed by atoms with Gasteiger partial charge in [-0.25, -0.2) is 0 Å². The van der Waals surface area contributed by atoms with Crippen molar-refractivity contribution in [1.29, 1.82) is 0 Å². The SMILES string of the molecule is Cc1ccc(C2/C(=C(/O)c3ccc(OCC(C)C)c(C)c3)C(=O)C(=O)N2c2ccc(N(C)C)cc2)o1. The summed E-state index contributed by atoms with van der Waals surface area (Å²) in [4.78, 5) is 29.9. The van der Waals surface area contributed by atoms with Crippen molar-refractivity contribution in [3.63, 3.8) is 0 Å². The van der Waals surface area contributed by atoms with Crippen LogP contribution < -0.4 is 14.5 Å². The second-order valence-electron chi connectivity index (χ2n) is 9.71. The largest absolute Gasteiger partial charge is 0.507 e. The predicted octanol–water partition coefficient (Wildman–Crippen LogP) is 5.62. The van der Waals surface area contributed by atoms with Crippen molar-refractivity contribution in [1.82, 2.24) is 0 Å². The summed E-state index contributed by atoms with van der Waals surface area (Å²) in [5, 5.41) is 11.4. The zero-order valence-corrected chi connectivity index (χ0v) is 21.5. The Morgan fingerprint density at radius 2 is 1.75 bits per heavy atom. The summed E-state index contributed by atoms with van der Waals surface area (Å²) in [5.41, 5.74) is 2.73. The standard InChI is InChI=1S/C29H32N2O5/c1-17(2)16-35-23-14-8-20(15-18(23)3)27(32)25-26(24-13-7-19(4)36-24)31(29(34)28(25)33)22-11-9-21(10-12-22)30(5)6/h7-15,17,26,32H,16H2,1-6H3/b27-25-. The van der Waals surface area contributed by atoms with Crippen LogP contribution in [0.5, 0.6) is 5.75 Å². The second-order valence-corrected chi connectivity index (χ2v) is 9.71. The summed E-state index contributed by atoms with van der Waals surface area (Å²) in [6, 6.07) is 15.1. The summed E-state index contributed by atoms with van der Waals surface area (Å²) >= 11 is 0. The summed E-state index contributed by atoms with van der Waals surface area (Å²) in [6.07, 6.45) is 0. The molecular formula is C29H32N2O5. The molecule has 7 nitrogen and oxygen atoms in total. The van der Waals surface area contributed by atoms with Crippen LogP contribution >= 0.6 is 0 Å². The molecule has 1 aliphatic heterocycles. The van der Waals surface area contributed by atoms with Gasteiger partial charge < -0.3 is 19.2 Å². The Kier molecular flexibility index (Phi) is 6.93. The maximum absolute atomic E-state index is 13.3. The van der Waals surface area contributed by atoms with Gasteiger partial charge >= 0.3 is 0 Å². The molecule has 1 aliphatic rings. The topological polar surface area (TPSA) is 83.2 Å². The van der Waals surface area contributed by atoms with E-state index >= 15 is 0 Å². The van der Waals surface area contributed by atoms with Gasteiger partial charge in [0.2, 0.25) is 0 Å². The molecular weight excluding hydrogens is 456 g/mol. The van der Waals surface area contributed by atoms with E-state index in [0.29, 0.717) is 41.0 Å². The molecule has 1 N–H and O–H groups in total. The minimum Gasteiger partial charge on any atom is -0.507 e. The van der Waals surface area contributed by atoms with Crippen LogP contribution in [-0.2, 0) is 9.59 Å². The number of aliphatic hydroxyl groups is 1. The van der Waals surface area contributed by atoms with Gasteiger partial charge in [0.05, 0.1) is 12.2 Å². The Hall–Kier alpha value is -4.00. The highest BCUT2D eigenvalue weighted by atomic mass is 16.5. The monoisotopic (exact) mass is 488 g/mol. The fourth-order valence-corrected chi connectivity index (χ4v) is 4.25. The van der Waals surface area contributed by atoms with Gasteiger partial charge in [0.15, 0.2) is 0 Å². The number of ether oxygens (including phenoxy) is 1. The van der Waals surface area contributed by atoms with Crippen LogP contribution in [0, 0.1) is 19.8 Å². The zero-order chi connectivity index (χ0) is 26.1. The van der Waals surface area contributed by atoms with Gasteiger partial charge in [-0.05, 0) is 79.9 Å². The molecule has 1 atom stereocenters. The summed E-state index contributed by atoms with van der Waals surface area (Å²) < 4.78 is 11.7. The van der Waals surface area contributed by atoms with E-state index in [9.17, 15) is 14.7 Å². The number of rotatable bonds is 7. The Morgan fingerprint density at radius 1 is 1.06 bits per heavy atom. The van der Waals surface area contributed by atoms with Gasteiger partial charge in [-0.3, -0.25) is 14.5 Å². The lowest BCUT2D eigenvalue weighted by atomic mass is 9.98. The maximum Gasteiger partial charge on any atom is 0.300 e. The molecule has 1 aromatic heterocycles. The summed E-state index contributed by atoms with van der Waals surface area (Å²) in [7, 11) is 3.85. The molecule has 3 aromatic rings. The molecule has 36 heavy (non-hydrogen) atoms. The number of aryl methyl sites for hydroxylation is 2. The van der Waals surface area contributed by atoms with E-state index < -0.39 is 17.7 Å². The van der Waals surface area contributed by atoms with Gasteiger partial charge in [0.25, 0.3) is 11.7 Å². The van der Waals surface area contributed by atoms with Crippen LogP contribution in [0.4, 0.5) is 11.4 Å². The van der Waals surface area contributed by atoms with Gasteiger partial charge in [0, 0.05) is 31.0 Å². The molecule has 1 fully saturated rings. The third-order valence-corrected chi connectivity index (χ3v) is 6.14.